The lowest BCUT2D eigenvalue weighted by Gasteiger charge is -2.33. The first-order valence-corrected chi connectivity index (χ1v) is 11.5. The van der Waals surface area contributed by atoms with Crippen LogP contribution in [0, 0.1) is 24.2 Å². The monoisotopic (exact) mass is 422 g/mol. The zero-order chi connectivity index (χ0) is 21.8. The van der Waals surface area contributed by atoms with Gasteiger partial charge in [0, 0.05) is 38.5 Å². The molecular formula is C22H38N4O2S. The molecule has 0 bridgehead atoms. The molecule has 7 heteroatoms. The Morgan fingerprint density at radius 1 is 1.28 bits per heavy atom. The van der Waals surface area contributed by atoms with Gasteiger partial charge in [0.1, 0.15) is 4.88 Å². The minimum absolute atomic E-state index is 0.00624. The molecule has 2 heterocycles. The number of nitrogens with zero attached hydrogens (tertiary/aromatic N) is 3. The average molecular weight is 423 g/mol. The third kappa shape index (κ3) is 7.07. The van der Waals surface area contributed by atoms with Crippen LogP contribution < -0.4 is 5.32 Å². The van der Waals surface area contributed by atoms with Crippen LogP contribution in [0.5, 0.6) is 0 Å². The molecule has 0 aliphatic carbocycles. The van der Waals surface area contributed by atoms with Crippen LogP contribution in [0.3, 0.4) is 0 Å². The fraction of sp³-hybridized carbons (Fsp3) is 0.773. The minimum atomic E-state index is -0.00624. The van der Waals surface area contributed by atoms with Gasteiger partial charge in [-0.2, -0.15) is 0 Å². The minimum Gasteiger partial charge on any atom is -0.355 e. The molecule has 6 nitrogen and oxygen atoms in total. The molecule has 1 aromatic heterocycles. The maximum absolute atomic E-state index is 12.9. The summed E-state index contributed by atoms with van der Waals surface area (Å²) in [5.41, 5.74) is 0.867. The second kappa shape index (κ2) is 10.0. The highest BCUT2D eigenvalue weighted by atomic mass is 32.1. The highest BCUT2D eigenvalue weighted by Gasteiger charge is 2.30. The Balaban J connectivity index is 1.86. The molecule has 2 amide bonds. The van der Waals surface area contributed by atoms with E-state index < -0.39 is 0 Å². The SMILES string of the molecule is Cc1nc(CC(C)C)sc1C(=O)N1CCC(C(=O)NCC(C)(C)CN(C)C)CC1. The second-order valence-electron chi connectivity index (χ2n) is 9.81. The van der Waals surface area contributed by atoms with Crippen molar-refractivity contribution in [3.63, 3.8) is 0 Å². The van der Waals surface area contributed by atoms with E-state index in [0.717, 1.165) is 41.4 Å². The van der Waals surface area contributed by atoms with Gasteiger partial charge in [0.15, 0.2) is 0 Å². The molecule has 0 unspecified atom stereocenters. The van der Waals surface area contributed by atoms with E-state index in [1.807, 2.05) is 25.9 Å². The molecule has 2 rings (SSSR count). The molecule has 29 heavy (non-hydrogen) atoms. The van der Waals surface area contributed by atoms with E-state index in [2.05, 4.69) is 42.9 Å². The van der Waals surface area contributed by atoms with Crippen molar-refractivity contribution in [2.24, 2.45) is 17.3 Å². The molecule has 0 aromatic carbocycles. The highest BCUT2D eigenvalue weighted by Crippen LogP contribution is 2.25. The summed E-state index contributed by atoms with van der Waals surface area (Å²) in [6.45, 7) is 13.4. The van der Waals surface area contributed by atoms with Crippen molar-refractivity contribution in [3.8, 4) is 0 Å². The smallest absolute Gasteiger partial charge is 0.265 e. The maximum Gasteiger partial charge on any atom is 0.265 e. The van der Waals surface area contributed by atoms with Crippen molar-refractivity contribution < 1.29 is 9.59 Å². The average Bonchev–Trinajstić information content (AvgIpc) is 2.97. The zero-order valence-corrected chi connectivity index (χ0v) is 20.0. The van der Waals surface area contributed by atoms with Crippen molar-refractivity contribution in [3.05, 3.63) is 15.6 Å². The number of likely N-dealkylation sites (tertiary alicyclic amines) is 1. The normalized spacial score (nSPS) is 16.0. The summed E-state index contributed by atoms with van der Waals surface area (Å²) in [6.07, 6.45) is 2.36. The molecule has 0 radical (unpaired) electrons. The molecule has 0 saturated carbocycles. The van der Waals surface area contributed by atoms with Gasteiger partial charge in [-0.25, -0.2) is 4.98 Å². The Bertz CT molecular complexity index is 704. The molecule has 1 N–H and O–H groups in total. The predicted octanol–water partition coefficient (Wildman–Crippen LogP) is 3.21. The number of hydrogen-bond donors (Lipinski definition) is 1. The Kier molecular flexibility index (Phi) is 8.23. The lowest BCUT2D eigenvalue weighted by Crippen LogP contribution is -2.46. The third-order valence-electron chi connectivity index (χ3n) is 5.26. The van der Waals surface area contributed by atoms with Crippen molar-refractivity contribution in [2.45, 2.75) is 53.9 Å². The summed E-state index contributed by atoms with van der Waals surface area (Å²) in [7, 11) is 4.10. The van der Waals surface area contributed by atoms with Crippen molar-refractivity contribution in [1.29, 1.82) is 0 Å². The number of rotatable bonds is 8. The van der Waals surface area contributed by atoms with E-state index in [0.29, 0.717) is 25.6 Å². The number of aryl methyl sites for hydroxylation is 1. The Labute approximate surface area is 180 Å². The first-order chi connectivity index (χ1) is 13.5. The molecule has 1 fully saturated rings. The van der Waals surface area contributed by atoms with E-state index in [1.165, 1.54) is 11.3 Å². The molecule has 1 saturated heterocycles. The van der Waals surface area contributed by atoms with Gasteiger partial charge in [-0.3, -0.25) is 9.59 Å². The number of piperidine rings is 1. The highest BCUT2D eigenvalue weighted by molar-refractivity contribution is 7.13. The Morgan fingerprint density at radius 2 is 1.90 bits per heavy atom. The number of nitrogens with one attached hydrogen (secondary N) is 1. The topological polar surface area (TPSA) is 65.5 Å². The van der Waals surface area contributed by atoms with Gasteiger partial charge in [-0.1, -0.05) is 27.7 Å². The van der Waals surface area contributed by atoms with Gasteiger partial charge < -0.3 is 15.1 Å². The first-order valence-electron chi connectivity index (χ1n) is 10.7. The van der Waals surface area contributed by atoms with Gasteiger partial charge in [0.2, 0.25) is 5.91 Å². The van der Waals surface area contributed by atoms with Crippen molar-refractivity contribution >= 4 is 23.2 Å². The van der Waals surface area contributed by atoms with Crippen molar-refractivity contribution in [1.82, 2.24) is 20.1 Å². The largest absolute Gasteiger partial charge is 0.355 e. The number of amides is 2. The summed E-state index contributed by atoms with van der Waals surface area (Å²) < 4.78 is 0. The number of carbonyl (C=O) groups excluding carboxylic acids is 2. The van der Waals surface area contributed by atoms with Crippen LogP contribution in [-0.2, 0) is 11.2 Å². The molecule has 1 aromatic rings. The molecule has 1 aliphatic heterocycles. The van der Waals surface area contributed by atoms with Crippen LogP contribution in [0.4, 0.5) is 0 Å². The fourth-order valence-corrected chi connectivity index (χ4v) is 5.20. The lowest BCUT2D eigenvalue weighted by atomic mass is 9.91. The summed E-state index contributed by atoms with van der Waals surface area (Å²) in [6, 6.07) is 0. The van der Waals surface area contributed by atoms with E-state index in [-0.39, 0.29) is 23.1 Å². The molecule has 0 atom stereocenters. The van der Waals surface area contributed by atoms with Crippen LogP contribution in [0.25, 0.3) is 0 Å². The van der Waals surface area contributed by atoms with Crippen LogP contribution >= 0.6 is 11.3 Å². The summed E-state index contributed by atoms with van der Waals surface area (Å²) in [5, 5.41) is 4.16. The van der Waals surface area contributed by atoms with E-state index >= 15 is 0 Å². The van der Waals surface area contributed by atoms with Crippen molar-refractivity contribution in [2.75, 3.05) is 40.3 Å². The quantitative estimate of drug-likeness (QED) is 0.699. The van der Waals surface area contributed by atoms with Crippen LogP contribution in [0.2, 0.25) is 0 Å². The number of carbonyl (C=O) groups is 2. The van der Waals surface area contributed by atoms with E-state index in [4.69, 9.17) is 0 Å². The van der Waals surface area contributed by atoms with Gasteiger partial charge in [0.05, 0.1) is 10.7 Å². The summed E-state index contributed by atoms with van der Waals surface area (Å²) in [4.78, 5) is 34.9. The first kappa shape index (κ1) is 23.8. The molecule has 1 aliphatic rings. The standard InChI is InChI=1S/C22H38N4O2S/c1-15(2)12-18-24-16(3)19(29-18)21(28)26-10-8-17(9-11-26)20(27)23-13-22(4,5)14-25(6)7/h15,17H,8-14H2,1-7H3,(H,23,27). The fourth-order valence-electron chi connectivity index (χ4n) is 3.96. The second-order valence-corrected chi connectivity index (χ2v) is 10.9. The van der Waals surface area contributed by atoms with Crippen LogP contribution in [0.1, 0.15) is 60.9 Å². The van der Waals surface area contributed by atoms with Gasteiger partial charge >= 0.3 is 0 Å². The number of aromatic nitrogens is 1. The van der Waals surface area contributed by atoms with Gasteiger partial charge in [-0.15, -0.1) is 11.3 Å². The van der Waals surface area contributed by atoms with Gasteiger partial charge in [0.25, 0.3) is 5.91 Å². The Hall–Kier alpha value is -1.47. The Morgan fingerprint density at radius 3 is 2.45 bits per heavy atom. The zero-order valence-electron chi connectivity index (χ0n) is 19.2. The van der Waals surface area contributed by atoms with Crippen LogP contribution in [-0.4, -0.2) is 66.9 Å². The summed E-state index contributed by atoms with van der Waals surface area (Å²) in [5.74, 6) is 0.715. The summed E-state index contributed by atoms with van der Waals surface area (Å²) >= 11 is 1.53. The molecular weight excluding hydrogens is 384 g/mol. The third-order valence-corrected chi connectivity index (χ3v) is 6.42. The number of thiazole rings is 1. The molecule has 164 valence electrons. The predicted molar refractivity (Wildman–Crippen MR) is 119 cm³/mol. The molecule has 0 spiro atoms. The maximum atomic E-state index is 12.9. The van der Waals surface area contributed by atoms with Crippen LogP contribution in [0.15, 0.2) is 0 Å². The van der Waals surface area contributed by atoms with Gasteiger partial charge in [-0.05, 0) is 45.2 Å². The van der Waals surface area contributed by atoms with E-state index in [9.17, 15) is 9.59 Å². The number of hydrogen-bond acceptors (Lipinski definition) is 5. The lowest BCUT2D eigenvalue weighted by molar-refractivity contribution is -0.126. The van der Waals surface area contributed by atoms with E-state index in [1.54, 1.807) is 0 Å².